The quantitative estimate of drug-likeness (QED) is 0.678. The van der Waals surface area contributed by atoms with Crippen LogP contribution in [-0.2, 0) is 4.79 Å². The molecule has 2 aromatic rings. The molecule has 2 rings (SSSR count). The number of nitrogens with one attached hydrogen (secondary N) is 3. The third-order valence-electron chi connectivity index (χ3n) is 3.37. The second-order valence-electron chi connectivity index (χ2n) is 6.70. The number of benzene rings is 2. The van der Waals surface area contributed by atoms with Crippen LogP contribution in [0.25, 0.3) is 0 Å². The fourth-order valence-electron chi connectivity index (χ4n) is 1.96. The molecule has 0 bridgehead atoms. The molecule has 5 nitrogen and oxygen atoms in total. The zero-order valence-corrected chi connectivity index (χ0v) is 16.3. The van der Waals surface area contributed by atoms with E-state index in [-0.39, 0.29) is 16.9 Å². The Morgan fingerprint density at radius 2 is 1.58 bits per heavy atom. The van der Waals surface area contributed by atoms with Crippen molar-refractivity contribution in [2.24, 2.45) is 5.41 Å². The topological polar surface area (TPSA) is 70.2 Å². The maximum Gasteiger partial charge on any atom is 0.255 e. The van der Waals surface area contributed by atoms with E-state index in [9.17, 15) is 9.59 Å². The van der Waals surface area contributed by atoms with Crippen LogP contribution in [0.15, 0.2) is 48.5 Å². The largest absolute Gasteiger partial charge is 0.332 e. The van der Waals surface area contributed by atoms with Crippen LogP contribution >= 0.6 is 23.8 Å². The Morgan fingerprint density at radius 1 is 0.962 bits per heavy atom. The van der Waals surface area contributed by atoms with Gasteiger partial charge >= 0.3 is 0 Å². The molecule has 0 atom stereocenters. The molecule has 0 aliphatic heterocycles. The number of amides is 2. The third kappa shape index (κ3) is 5.82. The molecule has 0 fully saturated rings. The standard InChI is InChI=1S/C19H20ClN3O2S/c1-19(2,3)17(25)23-18(26)22-15-9-5-8-14(11-15)21-16(24)12-6-4-7-13(20)10-12/h4-11H,1-3H3,(H,21,24)(H2,22,23,25,26). The van der Waals surface area contributed by atoms with Crippen molar-refractivity contribution in [3.8, 4) is 0 Å². The average molecular weight is 390 g/mol. The van der Waals surface area contributed by atoms with Crippen LogP contribution < -0.4 is 16.0 Å². The van der Waals surface area contributed by atoms with Gasteiger partial charge in [0.05, 0.1) is 0 Å². The lowest BCUT2D eigenvalue weighted by Gasteiger charge is -2.18. The van der Waals surface area contributed by atoms with Crippen molar-refractivity contribution in [3.05, 3.63) is 59.1 Å². The number of hydrogen-bond donors (Lipinski definition) is 3. The molecule has 0 aliphatic carbocycles. The molecule has 0 radical (unpaired) electrons. The Kier molecular flexibility index (Phi) is 6.34. The average Bonchev–Trinajstić information content (AvgIpc) is 2.54. The van der Waals surface area contributed by atoms with E-state index in [0.717, 1.165) is 0 Å². The van der Waals surface area contributed by atoms with Gasteiger partial charge in [0, 0.05) is 27.4 Å². The van der Waals surface area contributed by atoms with Crippen molar-refractivity contribution in [2.75, 3.05) is 10.6 Å². The molecule has 7 heteroatoms. The summed E-state index contributed by atoms with van der Waals surface area (Å²) in [7, 11) is 0. The summed E-state index contributed by atoms with van der Waals surface area (Å²) in [5, 5.41) is 9.06. The van der Waals surface area contributed by atoms with E-state index >= 15 is 0 Å². The zero-order valence-electron chi connectivity index (χ0n) is 14.7. The third-order valence-corrected chi connectivity index (χ3v) is 3.81. The lowest BCUT2D eigenvalue weighted by Crippen LogP contribution is -2.41. The monoisotopic (exact) mass is 389 g/mol. The first-order valence-electron chi connectivity index (χ1n) is 7.94. The minimum Gasteiger partial charge on any atom is -0.332 e. The van der Waals surface area contributed by atoms with Crippen LogP contribution in [0, 0.1) is 5.41 Å². The van der Waals surface area contributed by atoms with Gasteiger partial charge in [-0.3, -0.25) is 9.59 Å². The highest BCUT2D eigenvalue weighted by molar-refractivity contribution is 7.80. The Balaban J connectivity index is 2.02. The summed E-state index contributed by atoms with van der Waals surface area (Å²) in [6, 6.07) is 13.7. The lowest BCUT2D eigenvalue weighted by molar-refractivity contribution is -0.126. The highest BCUT2D eigenvalue weighted by atomic mass is 35.5. The van der Waals surface area contributed by atoms with Crippen molar-refractivity contribution in [2.45, 2.75) is 20.8 Å². The van der Waals surface area contributed by atoms with E-state index in [2.05, 4.69) is 16.0 Å². The van der Waals surface area contributed by atoms with Crippen molar-refractivity contribution in [1.82, 2.24) is 5.32 Å². The summed E-state index contributed by atoms with van der Waals surface area (Å²) in [6.45, 7) is 5.41. The summed E-state index contributed by atoms with van der Waals surface area (Å²) in [6.07, 6.45) is 0. The minimum absolute atomic E-state index is 0.180. The maximum atomic E-state index is 12.3. The highest BCUT2D eigenvalue weighted by Gasteiger charge is 2.22. The van der Waals surface area contributed by atoms with E-state index in [1.807, 2.05) is 0 Å². The van der Waals surface area contributed by atoms with E-state index in [1.165, 1.54) is 0 Å². The Morgan fingerprint density at radius 3 is 2.19 bits per heavy atom. The van der Waals surface area contributed by atoms with Gasteiger partial charge in [-0.25, -0.2) is 0 Å². The molecule has 3 N–H and O–H groups in total. The van der Waals surface area contributed by atoms with Gasteiger partial charge in [-0.1, -0.05) is 44.5 Å². The molecule has 0 aliphatic rings. The molecule has 26 heavy (non-hydrogen) atoms. The molecule has 0 spiro atoms. The molecule has 0 heterocycles. The van der Waals surface area contributed by atoms with E-state index < -0.39 is 5.41 Å². The van der Waals surface area contributed by atoms with Gasteiger partial charge in [0.1, 0.15) is 0 Å². The van der Waals surface area contributed by atoms with Crippen LogP contribution in [0.2, 0.25) is 5.02 Å². The number of halogens is 1. The molecule has 136 valence electrons. The summed E-state index contributed by atoms with van der Waals surface area (Å²) in [4.78, 5) is 24.2. The van der Waals surface area contributed by atoms with Crippen LogP contribution in [0.1, 0.15) is 31.1 Å². The molecular formula is C19H20ClN3O2S. The summed E-state index contributed by atoms with van der Waals surface area (Å²) in [5.74, 6) is -0.450. The Labute approximate surface area is 163 Å². The van der Waals surface area contributed by atoms with Crippen molar-refractivity contribution in [3.63, 3.8) is 0 Å². The maximum absolute atomic E-state index is 12.3. The molecule has 0 saturated heterocycles. The van der Waals surface area contributed by atoms with E-state index in [1.54, 1.807) is 69.3 Å². The minimum atomic E-state index is -0.543. The first-order valence-corrected chi connectivity index (χ1v) is 8.73. The first-order chi connectivity index (χ1) is 12.1. The van der Waals surface area contributed by atoms with E-state index in [4.69, 9.17) is 23.8 Å². The van der Waals surface area contributed by atoms with Gasteiger partial charge in [-0.2, -0.15) is 0 Å². The summed E-state index contributed by atoms with van der Waals surface area (Å²) >= 11 is 11.1. The van der Waals surface area contributed by atoms with Gasteiger partial charge in [-0.05, 0) is 48.6 Å². The Hall–Kier alpha value is -2.44. The van der Waals surface area contributed by atoms with Crippen LogP contribution in [0.4, 0.5) is 11.4 Å². The predicted octanol–water partition coefficient (Wildman–Crippen LogP) is 4.45. The van der Waals surface area contributed by atoms with Crippen molar-refractivity contribution >= 4 is 52.1 Å². The molecule has 2 aromatic carbocycles. The van der Waals surface area contributed by atoms with Gasteiger partial charge in [-0.15, -0.1) is 0 Å². The second kappa shape index (κ2) is 8.29. The zero-order chi connectivity index (χ0) is 19.3. The number of anilines is 2. The van der Waals surface area contributed by atoms with Crippen molar-refractivity contribution in [1.29, 1.82) is 0 Å². The number of thiocarbonyl (C=S) groups is 1. The fourth-order valence-corrected chi connectivity index (χ4v) is 2.36. The number of hydrogen-bond acceptors (Lipinski definition) is 3. The Bertz CT molecular complexity index is 847. The number of carbonyl (C=O) groups is 2. The van der Waals surface area contributed by atoms with Gasteiger partial charge < -0.3 is 16.0 Å². The van der Waals surface area contributed by atoms with Gasteiger partial charge in [0.2, 0.25) is 5.91 Å². The summed E-state index contributed by atoms with van der Waals surface area (Å²) < 4.78 is 0. The second-order valence-corrected chi connectivity index (χ2v) is 7.55. The fraction of sp³-hybridized carbons (Fsp3) is 0.211. The molecule has 0 unspecified atom stereocenters. The van der Waals surface area contributed by atoms with Crippen LogP contribution in [0.5, 0.6) is 0 Å². The highest BCUT2D eigenvalue weighted by Crippen LogP contribution is 2.18. The van der Waals surface area contributed by atoms with Gasteiger partial charge in [0.15, 0.2) is 5.11 Å². The van der Waals surface area contributed by atoms with Gasteiger partial charge in [0.25, 0.3) is 5.91 Å². The van der Waals surface area contributed by atoms with Crippen LogP contribution in [0.3, 0.4) is 0 Å². The lowest BCUT2D eigenvalue weighted by atomic mass is 9.96. The molecular weight excluding hydrogens is 370 g/mol. The number of carbonyl (C=O) groups excluding carboxylic acids is 2. The predicted molar refractivity (Wildman–Crippen MR) is 110 cm³/mol. The SMILES string of the molecule is CC(C)(C)C(=O)NC(=S)Nc1cccc(NC(=O)c2cccc(Cl)c2)c1. The molecule has 0 saturated carbocycles. The van der Waals surface area contributed by atoms with Crippen LogP contribution in [-0.4, -0.2) is 16.9 Å². The normalized spacial score (nSPS) is 10.8. The smallest absolute Gasteiger partial charge is 0.255 e. The molecule has 2 amide bonds. The first kappa shape index (κ1) is 19.9. The van der Waals surface area contributed by atoms with E-state index in [0.29, 0.717) is 22.0 Å². The van der Waals surface area contributed by atoms with Crippen molar-refractivity contribution < 1.29 is 9.59 Å². The summed E-state index contributed by atoms with van der Waals surface area (Å²) in [5.41, 5.74) is 1.15. The number of rotatable bonds is 3. The molecule has 0 aromatic heterocycles.